The third-order valence-electron chi connectivity index (χ3n) is 4.55. The van der Waals surface area contributed by atoms with Crippen LogP contribution in [0.2, 0.25) is 5.02 Å². The van der Waals surface area contributed by atoms with Gasteiger partial charge in [0.2, 0.25) is 10.0 Å². The maximum Gasteiger partial charge on any atom is 0.238 e. The fraction of sp³-hybridized carbons (Fsp3) is 0. The lowest BCUT2D eigenvalue weighted by Gasteiger charge is -2.08. The second-order valence-electron chi connectivity index (χ2n) is 6.57. The van der Waals surface area contributed by atoms with E-state index in [0.29, 0.717) is 22.0 Å². The van der Waals surface area contributed by atoms with Gasteiger partial charge in [-0.05, 0) is 54.6 Å². The van der Waals surface area contributed by atoms with Gasteiger partial charge in [-0.15, -0.1) is 0 Å². The minimum Gasteiger partial charge on any atom is -0.232 e. The Morgan fingerprint density at radius 2 is 1.63 bits per heavy atom. The summed E-state index contributed by atoms with van der Waals surface area (Å²) in [5, 5.41) is 19.8. The number of primary sulfonamides is 1. The van der Waals surface area contributed by atoms with Crippen LogP contribution in [0.5, 0.6) is 0 Å². The molecule has 6 nitrogen and oxygen atoms in total. The molecule has 0 fully saturated rings. The van der Waals surface area contributed by atoms with Crippen molar-refractivity contribution in [2.24, 2.45) is 5.14 Å². The number of hydrogen-bond acceptors (Lipinski definition) is 4. The molecule has 8 heteroatoms. The average molecular weight is 435 g/mol. The van der Waals surface area contributed by atoms with Crippen molar-refractivity contribution in [1.29, 1.82) is 5.26 Å². The first-order valence-corrected chi connectivity index (χ1v) is 10.8. The second-order valence-corrected chi connectivity index (χ2v) is 8.56. The number of halogens is 1. The van der Waals surface area contributed by atoms with Crippen LogP contribution in [0.3, 0.4) is 0 Å². The zero-order valence-corrected chi connectivity index (χ0v) is 17.1. The molecule has 148 valence electrons. The summed E-state index contributed by atoms with van der Waals surface area (Å²) in [4.78, 5) is 0.0179. The number of rotatable bonds is 4. The molecule has 0 bridgehead atoms. The van der Waals surface area contributed by atoms with Crippen molar-refractivity contribution in [1.82, 2.24) is 9.78 Å². The fourth-order valence-electron chi connectivity index (χ4n) is 3.07. The van der Waals surface area contributed by atoms with E-state index in [2.05, 4.69) is 6.07 Å². The third-order valence-corrected chi connectivity index (χ3v) is 5.73. The highest BCUT2D eigenvalue weighted by atomic mass is 35.5. The summed E-state index contributed by atoms with van der Waals surface area (Å²) < 4.78 is 24.8. The second kappa shape index (κ2) is 7.76. The van der Waals surface area contributed by atoms with E-state index in [-0.39, 0.29) is 4.90 Å². The minimum absolute atomic E-state index is 0.0179. The van der Waals surface area contributed by atoms with E-state index >= 15 is 0 Å². The van der Waals surface area contributed by atoms with Gasteiger partial charge in [-0.2, -0.15) is 10.4 Å². The van der Waals surface area contributed by atoms with Crippen molar-refractivity contribution in [2.75, 3.05) is 0 Å². The number of sulfonamides is 1. The summed E-state index contributed by atoms with van der Waals surface area (Å²) >= 11 is 6.00. The normalized spacial score (nSPS) is 11.2. The van der Waals surface area contributed by atoms with Crippen LogP contribution in [0.1, 0.15) is 5.56 Å². The van der Waals surface area contributed by atoms with E-state index < -0.39 is 10.0 Å². The van der Waals surface area contributed by atoms with Crippen LogP contribution in [-0.2, 0) is 10.0 Å². The first kappa shape index (κ1) is 19.9. The Balaban J connectivity index is 1.89. The van der Waals surface area contributed by atoms with E-state index in [1.807, 2.05) is 24.3 Å². The third kappa shape index (κ3) is 3.98. The molecule has 4 rings (SSSR count). The van der Waals surface area contributed by atoms with E-state index in [1.54, 1.807) is 47.1 Å². The molecule has 1 aromatic heterocycles. The SMILES string of the molecule is N#Cc1cccc(-c2cc(-c3ccc(Cl)cc3)nn2-c2ccc(S(N)(=O)=O)cc2)c1. The molecule has 0 aliphatic carbocycles. The van der Waals surface area contributed by atoms with Crippen LogP contribution < -0.4 is 5.14 Å². The summed E-state index contributed by atoms with van der Waals surface area (Å²) in [5.74, 6) is 0. The molecule has 0 amide bonds. The van der Waals surface area contributed by atoms with Gasteiger partial charge in [-0.25, -0.2) is 18.2 Å². The van der Waals surface area contributed by atoms with Gasteiger partial charge < -0.3 is 0 Å². The van der Waals surface area contributed by atoms with E-state index in [0.717, 1.165) is 16.8 Å². The predicted octanol–water partition coefficient (Wildman–Crippen LogP) is 4.38. The van der Waals surface area contributed by atoms with E-state index in [9.17, 15) is 13.7 Å². The van der Waals surface area contributed by atoms with Crippen molar-refractivity contribution >= 4 is 21.6 Å². The van der Waals surface area contributed by atoms with Crippen LogP contribution in [0.25, 0.3) is 28.2 Å². The quantitative estimate of drug-likeness (QED) is 0.514. The summed E-state index contributed by atoms with van der Waals surface area (Å²) in [6, 6.07) is 24.7. The lowest BCUT2D eigenvalue weighted by molar-refractivity contribution is 0.598. The smallest absolute Gasteiger partial charge is 0.232 e. The molecule has 4 aromatic rings. The Kier molecular flexibility index (Phi) is 5.14. The van der Waals surface area contributed by atoms with Crippen molar-refractivity contribution in [3.05, 3.63) is 89.4 Å². The van der Waals surface area contributed by atoms with E-state index in [4.69, 9.17) is 21.8 Å². The number of benzene rings is 3. The van der Waals surface area contributed by atoms with Gasteiger partial charge in [0.05, 0.1) is 33.6 Å². The molecular formula is C22H15ClN4O2S. The predicted molar refractivity (Wildman–Crippen MR) is 116 cm³/mol. The van der Waals surface area contributed by atoms with Gasteiger partial charge >= 0.3 is 0 Å². The molecule has 0 saturated carbocycles. The number of nitrogens with zero attached hydrogens (tertiary/aromatic N) is 3. The standard InChI is InChI=1S/C22H15ClN4O2S/c23-18-6-4-16(5-7-18)21-13-22(17-3-1-2-15(12-17)14-24)27(26-21)19-8-10-20(11-9-19)30(25,28)29/h1-13H,(H2,25,28,29). The van der Waals surface area contributed by atoms with Crippen molar-refractivity contribution in [2.45, 2.75) is 4.90 Å². The summed E-state index contributed by atoms with van der Waals surface area (Å²) in [6.45, 7) is 0. The number of hydrogen-bond donors (Lipinski definition) is 1. The summed E-state index contributed by atoms with van der Waals surface area (Å²) in [7, 11) is -3.79. The van der Waals surface area contributed by atoms with Gasteiger partial charge in [-0.1, -0.05) is 35.9 Å². The molecule has 0 saturated heterocycles. The lowest BCUT2D eigenvalue weighted by atomic mass is 10.1. The fourth-order valence-corrected chi connectivity index (χ4v) is 3.71. The number of nitrogens with two attached hydrogens (primary N) is 1. The number of aromatic nitrogens is 2. The van der Waals surface area contributed by atoms with Crippen LogP contribution in [0.15, 0.2) is 83.8 Å². The Hall–Kier alpha value is -3.44. The molecule has 0 unspecified atom stereocenters. The highest BCUT2D eigenvalue weighted by Gasteiger charge is 2.15. The zero-order chi connectivity index (χ0) is 21.3. The van der Waals surface area contributed by atoms with Crippen molar-refractivity contribution in [3.63, 3.8) is 0 Å². The highest BCUT2D eigenvalue weighted by molar-refractivity contribution is 7.89. The molecule has 0 aliphatic rings. The first-order chi connectivity index (χ1) is 14.3. The highest BCUT2D eigenvalue weighted by Crippen LogP contribution is 2.30. The number of nitriles is 1. The topological polar surface area (TPSA) is 102 Å². The lowest BCUT2D eigenvalue weighted by Crippen LogP contribution is -2.12. The molecule has 0 radical (unpaired) electrons. The van der Waals surface area contributed by atoms with E-state index in [1.165, 1.54) is 12.1 Å². The maximum absolute atomic E-state index is 11.6. The summed E-state index contributed by atoms with van der Waals surface area (Å²) in [5.41, 5.74) is 4.31. The maximum atomic E-state index is 11.6. The Bertz CT molecular complexity index is 1370. The van der Waals surface area contributed by atoms with Crippen LogP contribution in [-0.4, -0.2) is 18.2 Å². The van der Waals surface area contributed by atoms with Gasteiger partial charge in [0.15, 0.2) is 0 Å². The largest absolute Gasteiger partial charge is 0.238 e. The molecule has 0 spiro atoms. The molecule has 30 heavy (non-hydrogen) atoms. The molecule has 2 N–H and O–H groups in total. The van der Waals surface area contributed by atoms with Gasteiger partial charge in [-0.3, -0.25) is 0 Å². The molecule has 0 aliphatic heterocycles. The molecule has 3 aromatic carbocycles. The zero-order valence-electron chi connectivity index (χ0n) is 15.5. The molecule has 0 atom stereocenters. The first-order valence-electron chi connectivity index (χ1n) is 8.85. The van der Waals surface area contributed by atoms with Gasteiger partial charge in [0, 0.05) is 16.1 Å². The monoisotopic (exact) mass is 434 g/mol. The summed E-state index contributed by atoms with van der Waals surface area (Å²) in [6.07, 6.45) is 0. The molecule has 1 heterocycles. The average Bonchev–Trinajstić information content (AvgIpc) is 3.19. The minimum atomic E-state index is -3.79. The van der Waals surface area contributed by atoms with Gasteiger partial charge in [0.1, 0.15) is 0 Å². The van der Waals surface area contributed by atoms with Crippen LogP contribution >= 0.6 is 11.6 Å². The van der Waals surface area contributed by atoms with Crippen LogP contribution in [0.4, 0.5) is 0 Å². The van der Waals surface area contributed by atoms with Crippen LogP contribution in [0, 0.1) is 11.3 Å². The Morgan fingerprint density at radius 1 is 0.933 bits per heavy atom. The molecular weight excluding hydrogens is 420 g/mol. The van der Waals surface area contributed by atoms with Gasteiger partial charge in [0.25, 0.3) is 0 Å². The Labute approximate surface area is 178 Å². The van der Waals surface area contributed by atoms with Crippen molar-refractivity contribution in [3.8, 4) is 34.3 Å². The van der Waals surface area contributed by atoms with Crippen molar-refractivity contribution < 1.29 is 8.42 Å². The Morgan fingerprint density at radius 3 is 2.27 bits per heavy atom.